The van der Waals surface area contributed by atoms with E-state index >= 15 is 0 Å². The van der Waals surface area contributed by atoms with Crippen LogP contribution in [0.3, 0.4) is 0 Å². The molecule has 0 radical (unpaired) electrons. The molecular weight excluding hydrogens is 262 g/mol. The molecule has 0 amide bonds. The smallest absolute Gasteiger partial charge is 0.177 e. The number of methoxy groups -OCH3 is 1. The minimum atomic E-state index is -0.135. The summed E-state index contributed by atoms with van der Waals surface area (Å²) in [6.07, 6.45) is 0. The van der Waals surface area contributed by atoms with E-state index in [2.05, 4.69) is 6.07 Å². The Hall–Kier alpha value is -1.58. The summed E-state index contributed by atoms with van der Waals surface area (Å²) in [5.74, 6) is -0.157. The van der Waals surface area contributed by atoms with E-state index in [1.807, 2.05) is 25.8 Å². The summed E-state index contributed by atoms with van der Waals surface area (Å²) < 4.78 is 5.01. The maximum absolute atomic E-state index is 12.1. The van der Waals surface area contributed by atoms with Gasteiger partial charge in [0.15, 0.2) is 5.78 Å². The summed E-state index contributed by atoms with van der Waals surface area (Å²) in [6.45, 7) is 4.83. The van der Waals surface area contributed by atoms with E-state index in [0.29, 0.717) is 29.3 Å². The van der Waals surface area contributed by atoms with E-state index in [0.717, 1.165) is 5.00 Å². The lowest BCUT2D eigenvalue weighted by atomic mass is 10.1. The Labute approximate surface area is 117 Å². The fraction of sp³-hybridized carbons (Fsp3) is 0.538. The van der Waals surface area contributed by atoms with Crippen LogP contribution in [0.5, 0.6) is 0 Å². The third kappa shape index (κ3) is 3.25. The molecule has 0 fully saturated rings. The topological polar surface area (TPSA) is 79.3 Å². The number of Topliss-reactive ketones (excluding diaryl/α,β-unsaturated/α-hetero) is 1. The number of hydrogen-bond acceptors (Lipinski definition) is 6. The van der Waals surface area contributed by atoms with Crippen molar-refractivity contribution >= 4 is 27.8 Å². The number of nitriles is 1. The first-order chi connectivity index (χ1) is 8.93. The van der Waals surface area contributed by atoms with Gasteiger partial charge in [0.2, 0.25) is 0 Å². The predicted octanol–water partition coefficient (Wildman–Crippen LogP) is 2.12. The first-order valence-electron chi connectivity index (χ1n) is 6.00. The third-order valence-corrected chi connectivity index (χ3v) is 4.10. The van der Waals surface area contributed by atoms with Crippen molar-refractivity contribution in [3.63, 3.8) is 0 Å². The fourth-order valence-electron chi connectivity index (χ4n) is 1.58. The number of hydrogen-bond donors (Lipinski definition) is 1. The van der Waals surface area contributed by atoms with Crippen LogP contribution in [-0.4, -0.2) is 33.1 Å². The molecule has 1 heterocycles. The van der Waals surface area contributed by atoms with Gasteiger partial charge in [-0.3, -0.25) is 4.79 Å². The summed E-state index contributed by atoms with van der Waals surface area (Å²) in [6, 6.07) is 2.09. The molecule has 0 unspecified atom stereocenters. The molecule has 0 aliphatic heterocycles. The number of ether oxygens (including phenoxy) is 1. The molecule has 0 aliphatic carbocycles. The van der Waals surface area contributed by atoms with Crippen LogP contribution in [0.4, 0.5) is 10.7 Å². The Morgan fingerprint density at radius 1 is 1.58 bits per heavy atom. The van der Waals surface area contributed by atoms with E-state index in [9.17, 15) is 10.1 Å². The van der Waals surface area contributed by atoms with Crippen LogP contribution in [0.2, 0.25) is 0 Å². The van der Waals surface area contributed by atoms with Gasteiger partial charge in [-0.2, -0.15) is 5.26 Å². The standard InChI is InChI=1S/C13H19N3O2S/c1-8(2)11(17)12-10(15)9(7-14)13(19-12)16(3)5-6-18-4/h8H,5-6,15H2,1-4H3. The SMILES string of the molecule is COCCN(C)c1sc(C(=O)C(C)C)c(N)c1C#N. The number of rotatable bonds is 6. The van der Waals surface area contributed by atoms with Crippen molar-refractivity contribution in [2.75, 3.05) is 37.9 Å². The highest BCUT2D eigenvalue weighted by Crippen LogP contribution is 2.38. The van der Waals surface area contributed by atoms with Gasteiger partial charge in [-0.1, -0.05) is 13.8 Å². The van der Waals surface area contributed by atoms with Gasteiger partial charge in [0.1, 0.15) is 16.6 Å². The Bertz CT molecular complexity index is 503. The van der Waals surface area contributed by atoms with Crippen LogP contribution in [0.15, 0.2) is 0 Å². The Balaban J connectivity index is 3.16. The quantitative estimate of drug-likeness (QED) is 0.808. The van der Waals surface area contributed by atoms with Crippen LogP contribution in [0.1, 0.15) is 29.1 Å². The van der Waals surface area contributed by atoms with Crippen LogP contribution < -0.4 is 10.6 Å². The molecule has 6 heteroatoms. The number of nitrogens with two attached hydrogens (primary N) is 1. The number of likely N-dealkylation sites (N-methyl/N-ethyl adjacent to an activating group) is 1. The highest BCUT2D eigenvalue weighted by molar-refractivity contribution is 7.19. The predicted molar refractivity (Wildman–Crippen MR) is 77.8 cm³/mol. The number of carbonyl (C=O) groups is 1. The Morgan fingerprint density at radius 2 is 2.21 bits per heavy atom. The average molecular weight is 281 g/mol. The van der Waals surface area contributed by atoms with Crippen LogP contribution in [-0.2, 0) is 4.74 Å². The average Bonchev–Trinajstić information content (AvgIpc) is 2.71. The second-order valence-corrected chi connectivity index (χ2v) is 5.57. The van der Waals surface area contributed by atoms with Crippen LogP contribution >= 0.6 is 11.3 Å². The zero-order valence-corrected chi connectivity index (χ0v) is 12.5. The molecule has 0 aliphatic rings. The minimum absolute atomic E-state index is 0.0228. The fourth-order valence-corrected chi connectivity index (χ4v) is 2.83. The molecule has 1 aromatic rings. The lowest BCUT2D eigenvalue weighted by molar-refractivity contribution is 0.0944. The number of thiophene rings is 1. The van der Waals surface area contributed by atoms with Gasteiger partial charge < -0.3 is 15.4 Å². The van der Waals surface area contributed by atoms with E-state index in [-0.39, 0.29) is 11.7 Å². The van der Waals surface area contributed by atoms with Crippen molar-refractivity contribution < 1.29 is 9.53 Å². The Kier molecular flexibility index (Phi) is 5.33. The number of nitrogen functional groups attached to an aromatic ring is 1. The number of ketones is 1. The molecule has 2 N–H and O–H groups in total. The van der Waals surface area contributed by atoms with E-state index in [4.69, 9.17) is 10.5 Å². The molecule has 104 valence electrons. The Morgan fingerprint density at radius 3 is 2.68 bits per heavy atom. The first-order valence-corrected chi connectivity index (χ1v) is 6.82. The normalized spacial score (nSPS) is 10.5. The zero-order chi connectivity index (χ0) is 14.6. The molecule has 0 saturated carbocycles. The van der Waals surface area contributed by atoms with Gasteiger partial charge in [0.05, 0.1) is 17.2 Å². The van der Waals surface area contributed by atoms with E-state index in [1.165, 1.54) is 11.3 Å². The second-order valence-electron chi connectivity index (χ2n) is 4.57. The molecular formula is C13H19N3O2S. The minimum Gasteiger partial charge on any atom is -0.396 e. The van der Waals surface area contributed by atoms with Gasteiger partial charge in [0.25, 0.3) is 0 Å². The second kappa shape index (κ2) is 6.55. The summed E-state index contributed by atoms with van der Waals surface area (Å²) >= 11 is 1.28. The largest absolute Gasteiger partial charge is 0.396 e. The van der Waals surface area contributed by atoms with Crippen molar-refractivity contribution in [3.05, 3.63) is 10.4 Å². The van der Waals surface area contributed by atoms with Crippen molar-refractivity contribution in [2.45, 2.75) is 13.8 Å². The van der Waals surface area contributed by atoms with Gasteiger partial charge in [-0.05, 0) is 0 Å². The molecule has 0 saturated heterocycles. The van der Waals surface area contributed by atoms with Crippen molar-refractivity contribution in [1.29, 1.82) is 5.26 Å². The summed E-state index contributed by atoms with van der Waals surface area (Å²) in [5.41, 5.74) is 6.61. The third-order valence-electron chi connectivity index (χ3n) is 2.76. The van der Waals surface area contributed by atoms with Gasteiger partial charge in [-0.15, -0.1) is 11.3 Å². The van der Waals surface area contributed by atoms with Crippen molar-refractivity contribution in [1.82, 2.24) is 0 Å². The molecule has 0 bridgehead atoms. The number of anilines is 2. The molecule has 1 aromatic heterocycles. The van der Waals surface area contributed by atoms with Crippen molar-refractivity contribution in [3.8, 4) is 6.07 Å². The lowest BCUT2D eigenvalue weighted by Gasteiger charge is -2.16. The van der Waals surface area contributed by atoms with Crippen molar-refractivity contribution in [2.24, 2.45) is 5.92 Å². The summed E-state index contributed by atoms with van der Waals surface area (Å²) in [7, 11) is 3.48. The first kappa shape index (κ1) is 15.5. The molecule has 19 heavy (non-hydrogen) atoms. The van der Waals surface area contributed by atoms with Gasteiger partial charge in [-0.25, -0.2) is 0 Å². The number of carbonyl (C=O) groups excluding carboxylic acids is 1. The molecule has 0 aromatic carbocycles. The van der Waals surface area contributed by atoms with Crippen LogP contribution in [0.25, 0.3) is 0 Å². The monoisotopic (exact) mass is 281 g/mol. The highest BCUT2D eigenvalue weighted by atomic mass is 32.1. The lowest BCUT2D eigenvalue weighted by Crippen LogP contribution is -2.21. The maximum atomic E-state index is 12.1. The van der Waals surface area contributed by atoms with Crippen LogP contribution in [0, 0.1) is 17.2 Å². The van der Waals surface area contributed by atoms with E-state index in [1.54, 1.807) is 7.11 Å². The molecule has 1 rings (SSSR count). The molecule has 0 spiro atoms. The summed E-state index contributed by atoms with van der Waals surface area (Å²) in [5, 5.41) is 9.94. The van der Waals surface area contributed by atoms with Gasteiger partial charge >= 0.3 is 0 Å². The number of nitrogens with zero attached hydrogens (tertiary/aromatic N) is 2. The van der Waals surface area contributed by atoms with Gasteiger partial charge in [0, 0.05) is 26.6 Å². The summed E-state index contributed by atoms with van der Waals surface area (Å²) in [4.78, 5) is 14.4. The molecule has 0 atom stereocenters. The zero-order valence-electron chi connectivity index (χ0n) is 11.7. The molecule has 5 nitrogen and oxygen atoms in total. The van der Waals surface area contributed by atoms with E-state index < -0.39 is 0 Å². The maximum Gasteiger partial charge on any atom is 0.177 e. The highest BCUT2D eigenvalue weighted by Gasteiger charge is 2.24.